The van der Waals surface area contributed by atoms with Crippen LogP contribution in [-0.2, 0) is 10.0 Å². The van der Waals surface area contributed by atoms with E-state index in [2.05, 4.69) is 11.6 Å². The highest BCUT2D eigenvalue weighted by molar-refractivity contribution is 8.00. The molecule has 0 aromatic carbocycles. The highest BCUT2D eigenvalue weighted by Gasteiger charge is 2.41. The summed E-state index contributed by atoms with van der Waals surface area (Å²) in [6.07, 6.45) is 8.28. The largest absolute Gasteiger partial charge is 0.315 e. The minimum absolute atomic E-state index is 0.478. The van der Waals surface area contributed by atoms with Crippen LogP contribution in [-0.4, -0.2) is 56.2 Å². The summed E-state index contributed by atoms with van der Waals surface area (Å²) < 4.78 is 25.2. The molecule has 2 rings (SSSR count). The highest BCUT2D eigenvalue weighted by atomic mass is 32.2. The lowest BCUT2D eigenvalue weighted by Gasteiger charge is -2.31. The first-order chi connectivity index (χ1) is 8.45. The van der Waals surface area contributed by atoms with Gasteiger partial charge in [0.1, 0.15) is 0 Å². The Morgan fingerprint density at radius 3 is 2.72 bits per heavy atom. The molecule has 1 saturated heterocycles. The summed E-state index contributed by atoms with van der Waals surface area (Å²) >= 11 is 1.96. The smallest absolute Gasteiger partial charge is 0.211 e. The van der Waals surface area contributed by atoms with Crippen LogP contribution < -0.4 is 5.32 Å². The van der Waals surface area contributed by atoms with Crippen molar-refractivity contribution in [1.82, 2.24) is 9.62 Å². The third-order valence-corrected chi connectivity index (χ3v) is 6.76. The van der Waals surface area contributed by atoms with Crippen molar-refractivity contribution in [3.05, 3.63) is 0 Å². The Kier molecular flexibility index (Phi) is 4.62. The van der Waals surface area contributed by atoms with Gasteiger partial charge in [-0.25, -0.2) is 12.7 Å². The second-order valence-corrected chi connectivity index (χ2v) is 8.90. The van der Waals surface area contributed by atoms with Gasteiger partial charge < -0.3 is 5.32 Å². The van der Waals surface area contributed by atoms with Crippen LogP contribution in [0, 0.1) is 5.92 Å². The van der Waals surface area contributed by atoms with E-state index in [1.54, 1.807) is 4.31 Å². The Hall–Kier alpha value is 0.220. The number of nitrogens with zero attached hydrogens (tertiary/aromatic N) is 1. The second-order valence-electron chi connectivity index (χ2n) is 5.65. The standard InChI is InChI=1S/C12H24N2O2S2/c1-17-12(5-6-12)10-13-8-11-4-3-7-14(9-11)18(2,15)16/h11,13H,3-10H2,1-2H3. The lowest BCUT2D eigenvalue weighted by molar-refractivity contribution is 0.261. The molecule has 0 aromatic heterocycles. The number of rotatable bonds is 6. The molecule has 4 nitrogen and oxygen atoms in total. The summed E-state index contributed by atoms with van der Waals surface area (Å²) in [6, 6.07) is 0. The van der Waals surface area contributed by atoms with Gasteiger partial charge >= 0.3 is 0 Å². The monoisotopic (exact) mass is 292 g/mol. The molecule has 2 aliphatic rings. The van der Waals surface area contributed by atoms with E-state index >= 15 is 0 Å². The average molecular weight is 292 g/mol. The molecule has 0 spiro atoms. The fourth-order valence-corrected chi connectivity index (χ4v) is 4.29. The van der Waals surface area contributed by atoms with E-state index in [0.29, 0.717) is 23.8 Å². The van der Waals surface area contributed by atoms with E-state index in [9.17, 15) is 8.42 Å². The molecular weight excluding hydrogens is 268 g/mol. The molecule has 6 heteroatoms. The summed E-state index contributed by atoms with van der Waals surface area (Å²) in [6.45, 7) is 3.42. The van der Waals surface area contributed by atoms with Crippen molar-refractivity contribution >= 4 is 21.8 Å². The third-order valence-electron chi connectivity index (χ3n) is 4.07. The Morgan fingerprint density at radius 2 is 2.17 bits per heavy atom. The summed E-state index contributed by atoms with van der Waals surface area (Å²) in [5.41, 5.74) is 0. The first-order valence-corrected chi connectivity index (χ1v) is 9.73. The predicted molar refractivity (Wildman–Crippen MR) is 77.5 cm³/mol. The van der Waals surface area contributed by atoms with Crippen molar-refractivity contribution in [2.24, 2.45) is 5.92 Å². The predicted octanol–water partition coefficient (Wildman–Crippen LogP) is 1.14. The zero-order valence-electron chi connectivity index (χ0n) is 11.3. The molecule has 1 heterocycles. The van der Waals surface area contributed by atoms with E-state index in [0.717, 1.165) is 25.9 Å². The SMILES string of the molecule is CSC1(CNCC2CCCN(S(C)(=O)=O)C2)CC1. The maximum atomic E-state index is 11.5. The van der Waals surface area contributed by atoms with Crippen molar-refractivity contribution in [1.29, 1.82) is 0 Å². The van der Waals surface area contributed by atoms with Crippen LogP contribution >= 0.6 is 11.8 Å². The molecule has 0 radical (unpaired) electrons. The van der Waals surface area contributed by atoms with E-state index < -0.39 is 10.0 Å². The molecule has 0 bridgehead atoms. The molecule has 1 aliphatic heterocycles. The summed E-state index contributed by atoms with van der Waals surface area (Å²) in [5, 5.41) is 3.54. The molecule has 0 amide bonds. The highest BCUT2D eigenvalue weighted by Crippen LogP contribution is 2.46. The lowest BCUT2D eigenvalue weighted by Crippen LogP contribution is -2.43. The number of piperidine rings is 1. The molecule has 2 fully saturated rings. The molecule has 1 aliphatic carbocycles. The van der Waals surface area contributed by atoms with E-state index in [1.165, 1.54) is 19.1 Å². The first kappa shape index (κ1) is 14.6. The maximum absolute atomic E-state index is 11.5. The van der Waals surface area contributed by atoms with Crippen LogP contribution in [0.3, 0.4) is 0 Å². The number of sulfonamides is 1. The van der Waals surface area contributed by atoms with Gasteiger partial charge in [0.15, 0.2) is 0 Å². The minimum Gasteiger partial charge on any atom is -0.315 e. The zero-order chi connectivity index (χ0) is 13.2. The fraction of sp³-hybridized carbons (Fsp3) is 1.00. The molecule has 1 N–H and O–H groups in total. The molecule has 1 unspecified atom stereocenters. The Morgan fingerprint density at radius 1 is 1.44 bits per heavy atom. The zero-order valence-corrected chi connectivity index (χ0v) is 12.9. The quantitative estimate of drug-likeness (QED) is 0.798. The van der Waals surface area contributed by atoms with Gasteiger partial charge in [0, 0.05) is 24.4 Å². The van der Waals surface area contributed by atoms with Crippen molar-refractivity contribution in [3.63, 3.8) is 0 Å². The van der Waals surface area contributed by atoms with Crippen molar-refractivity contribution in [2.75, 3.05) is 38.7 Å². The van der Waals surface area contributed by atoms with Crippen molar-refractivity contribution < 1.29 is 8.42 Å². The molecule has 106 valence electrons. The minimum atomic E-state index is -3.00. The molecule has 1 atom stereocenters. The summed E-state index contributed by atoms with van der Waals surface area (Å²) in [4.78, 5) is 0. The van der Waals surface area contributed by atoms with E-state index in [-0.39, 0.29) is 0 Å². The van der Waals surface area contributed by atoms with Crippen LogP contribution in [0.1, 0.15) is 25.7 Å². The van der Waals surface area contributed by atoms with Gasteiger partial charge in [-0.15, -0.1) is 0 Å². The Bertz CT molecular complexity index is 380. The van der Waals surface area contributed by atoms with Gasteiger partial charge in [0.05, 0.1) is 6.26 Å². The second kappa shape index (κ2) is 5.69. The van der Waals surface area contributed by atoms with Crippen molar-refractivity contribution in [3.8, 4) is 0 Å². The van der Waals surface area contributed by atoms with Gasteiger partial charge in [-0.05, 0) is 44.4 Å². The van der Waals surface area contributed by atoms with Crippen LogP contribution in [0.5, 0.6) is 0 Å². The molecular formula is C12H24N2O2S2. The van der Waals surface area contributed by atoms with Gasteiger partial charge in [-0.1, -0.05) is 0 Å². The van der Waals surface area contributed by atoms with Gasteiger partial charge in [-0.3, -0.25) is 0 Å². The summed E-state index contributed by atoms with van der Waals surface area (Å²) in [5.74, 6) is 0.478. The van der Waals surface area contributed by atoms with Gasteiger partial charge in [-0.2, -0.15) is 11.8 Å². The Balaban J connectivity index is 1.73. The topological polar surface area (TPSA) is 49.4 Å². The first-order valence-electron chi connectivity index (χ1n) is 6.66. The van der Waals surface area contributed by atoms with E-state index in [1.807, 2.05) is 11.8 Å². The maximum Gasteiger partial charge on any atom is 0.211 e. The van der Waals surface area contributed by atoms with Crippen LogP contribution in [0.25, 0.3) is 0 Å². The number of hydrogen-bond acceptors (Lipinski definition) is 4. The van der Waals surface area contributed by atoms with Crippen LogP contribution in [0.15, 0.2) is 0 Å². The molecule has 1 saturated carbocycles. The normalized spacial score (nSPS) is 28.2. The number of nitrogens with one attached hydrogen (secondary N) is 1. The fourth-order valence-electron chi connectivity index (χ4n) is 2.59. The third kappa shape index (κ3) is 3.85. The number of hydrogen-bond donors (Lipinski definition) is 1. The lowest BCUT2D eigenvalue weighted by atomic mass is 10.00. The van der Waals surface area contributed by atoms with Crippen molar-refractivity contribution in [2.45, 2.75) is 30.4 Å². The van der Waals surface area contributed by atoms with Crippen LogP contribution in [0.4, 0.5) is 0 Å². The van der Waals surface area contributed by atoms with Gasteiger partial charge in [0.25, 0.3) is 0 Å². The number of thioether (sulfide) groups is 1. The van der Waals surface area contributed by atoms with Crippen LogP contribution in [0.2, 0.25) is 0 Å². The Labute approximate surface area is 115 Å². The molecule has 18 heavy (non-hydrogen) atoms. The molecule has 0 aromatic rings. The van der Waals surface area contributed by atoms with Gasteiger partial charge in [0.2, 0.25) is 10.0 Å². The average Bonchev–Trinajstić information content (AvgIpc) is 3.09. The summed E-state index contributed by atoms with van der Waals surface area (Å²) in [7, 11) is -3.00. The van der Waals surface area contributed by atoms with E-state index in [4.69, 9.17) is 0 Å².